The van der Waals surface area contributed by atoms with Crippen molar-refractivity contribution in [3.05, 3.63) is 27.1 Å². The molecule has 1 heterocycles. The third-order valence-electron chi connectivity index (χ3n) is 3.72. The standard InChI is InChI=1S/C14H17NO2S/c1-6-7(2)9(4)12-10(8(6)3)11(15)13(18-12)14(16)17-5/h15H2,1-5H3. The van der Waals surface area contributed by atoms with E-state index in [-0.39, 0.29) is 5.97 Å². The van der Waals surface area contributed by atoms with Crippen molar-refractivity contribution in [1.29, 1.82) is 0 Å². The van der Waals surface area contributed by atoms with Gasteiger partial charge in [-0.2, -0.15) is 0 Å². The molecule has 2 N–H and O–H groups in total. The summed E-state index contributed by atoms with van der Waals surface area (Å²) in [5, 5.41) is 1.00. The van der Waals surface area contributed by atoms with Crippen molar-refractivity contribution >= 4 is 33.1 Å². The van der Waals surface area contributed by atoms with Crippen molar-refractivity contribution in [1.82, 2.24) is 0 Å². The smallest absolute Gasteiger partial charge is 0.350 e. The summed E-state index contributed by atoms with van der Waals surface area (Å²) in [4.78, 5) is 12.2. The maximum absolute atomic E-state index is 11.7. The van der Waals surface area contributed by atoms with Gasteiger partial charge in [0.05, 0.1) is 12.8 Å². The number of ether oxygens (including phenoxy) is 1. The van der Waals surface area contributed by atoms with E-state index in [9.17, 15) is 4.79 Å². The van der Waals surface area contributed by atoms with Crippen molar-refractivity contribution in [3.63, 3.8) is 0 Å². The molecule has 3 nitrogen and oxygen atoms in total. The van der Waals surface area contributed by atoms with Crippen molar-refractivity contribution in [2.45, 2.75) is 27.7 Å². The van der Waals surface area contributed by atoms with Gasteiger partial charge in [-0.3, -0.25) is 0 Å². The molecule has 0 aliphatic rings. The van der Waals surface area contributed by atoms with E-state index >= 15 is 0 Å². The zero-order valence-corrected chi connectivity index (χ0v) is 12.1. The van der Waals surface area contributed by atoms with Gasteiger partial charge in [0.25, 0.3) is 0 Å². The first-order valence-electron chi connectivity index (χ1n) is 5.76. The summed E-state index contributed by atoms with van der Waals surface area (Å²) < 4.78 is 5.87. The lowest BCUT2D eigenvalue weighted by molar-refractivity contribution is 0.0607. The number of benzene rings is 1. The van der Waals surface area contributed by atoms with Crippen LogP contribution in [-0.4, -0.2) is 13.1 Å². The summed E-state index contributed by atoms with van der Waals surface area (Å²) >= 11 is 1.42. The van der Waals surface area contributed by atoms with Crippen LogP contribution in [0.15, 0.2) is 0 Å². The molecule has 18 heavy (non-hydrogen) atoms. The molecule has 0 aliphatic carbocycles. The third-order valence-corrected chi connectivity index (χ3v) is 5.02. The van der Waals surface area contributed by atoms with E-state index in [1.807, 2.05) is 6.92 Å². The zero-order chi connectivity index (χ0) is 13.6. The van der Waals surface area contributed by atoms with Crippen molar-refractivity contribution in [2.24, 2.45) is 0 Å². The Balaban J connectivity index is 2.93. The molecule has 0 saturated heterocycles. The van der Waals surface area contributed by atoms with Gasteiger partial charge in [0.2, 0.25) is 0 Å². The predicted octanol–water partition coefficient (Wildman–Crippen LogP) is 3.50. The van der Waals surface area contributed by atoms with Gasteiger partial charge in [0.15, 0.2) is 0 Å². The van der Waals surface area contributed by atoms with Gasteiger partial charge in [-0.25, -0.2) is 4.79 Å². The number of rotatable bonds is 1. The van der Waals surface area contributed by atoms with Crippen LogP contribution in [0.1, 0.15) is 31.9 Å². The number of hydrogen-bond donors (Lipinski definition) is 1. The highest BCUT2D eigenvalue weighted by Gasteiger charge is 2.21. The van der Waals surface area contributed by atoms with Gasteiger partial charge in [0.1, 0.15) is 4.88 Å². The molecule has 1 aromatic carbocycles. The van der Waals surface area contributed by atoms with Gasteiger partial charge in [-0.15, -0.1) is 11.3 Å². The van der Waals surface area contributed by atoms with Crippen LogP contribution in [0.5, 0.6) is 0 Å². The second-order valence-electron chi connectivity index (χ2n) is 4.54. The molecule has 2 aromatic rings. The summed E-state index contributed by atoms with van der Waals surface area (Å²) in [6.45, 7) is 8.31. The van der Waals surface area contributed by atoms with E-state index in [1.54, 1.807) is 0 Å². The molecule has 1 aromatic heterocycles. The van der Waals surface area contributed by atoms with Crippen LogP contribution < -0.4 is 5.73 Å². The SMILES string of the molecule is COC(=O)c1sc2c(C)c(C)c(C)c(C)c2c1N. The number of aryl methyl sites for hydroxylation is 2. The van der Waals surface area contributed by atoms with Crippen LogP contribution in [0.4, 0.5) is 5.69 Å². The maximum atomic E-state index is 11.7. The number of anilines is 1. The molecule has 0 spiro atoms. The van der Waals surface area contributed by atoms with Gasteiger partial charge in [-0.1, -0.05) is 0 Å². The van der Waals surface area contributed by atoms with Crippen LogP contribution >= 0.6 is 11.3 Å². The van der Waals surface area contributed by atoms with E-state index < -0.39 is 0 Å². The Bertz CT molecular complexity index is 656. The first-order valence-corrected chi connectivity index (χ1v) is 6.58. The van der Waals surface area contributed by atoms with Gasteiger partial charge in [0, 0.05) is 10.1 Å². The Morgan fingerprint density at radius 2 is 1.61 bits per heavy atom. The minimum atomic E-state index is -0.359. The number of fused-ring (bicyclic) bond motifs is 1. The highest BCUT2D eigenvalue weighted by Crippen LogP contribution is 2.40. The first-order chi connectivity index (χ1) is 8.40. The Labute approximate surface area is 111 Å². The predicted molar refractivity (Wildman–Crippen MR) is 76.5 cm³/mol. The molecule has 4 heteroatoms. The first kappa shape index (κ1) is 12.9. The Hall–Kier alpha value is -1.55. The topological polar surface area (TPSA) is 52.3 Å². The zero-order valence-electron chi connectivity index (χ0n) is 11.3. The van der Waals surface area contributed by atoms with Gasteiger partial charge >= 0.3 is 5.97 Å². The second kappa shape index (κ2) is 4.28. The number of nitrogens with two attached hydrogens (primary N) is 1. The number of carbonyl (C=O) groups excluding carboxylic acids is 1. The number of esters is 1. The molecule has 0 bridgehead atoms. The number of carbonyl (C=O) groups is 1. The fourth-order valence-electron chi connectivity index (χ4n) is 2.24. The molecule has 0 unspecified atom stereocenters. The molecule has 0 aliphatic heterocycles. The van der Waals surface area contributed by atoms with E-state index in [4.69, 9.17) is 10.5 Å². The number of nitrogen functional groups attached to an aromatic ring is 1. The summed E-state index contributed by atoms with van der Waals surface area (Å²) in [7, 11) is 1.38. The lowest BCUT2D eigenvalue weighted by Gasteiger charge is -2.11. The summed E-state index contributed by atoms with van der Waals surface area (Å²) in [6.07, 6.45) is 0. The summed E-state index contributed by atoms with van der Waals surface area (Å²) in [5.41, 5.74) is 11.5. The van der Waals surface area contributed by atoms with E-state index in [0.717, 1.165) is 15.6 Å². The molecule has 0 atom stereocenters. The monoisotopic (exact) mass is 263 g/mol. The van der Waals surface area contributed by atoms with E-state index in [1.165, 1.54) is 35.1 Å². The molecule has 0 fully saturated rings. The molecule has 0 amide bonds. The van der Waals surface area contributed by atoms with Crippen LogP contribution in [0, 0.1) is 27.7 Å². The molecular weight excluding hydrogens is 246 g/mol. The fourth-order valence-corrected chi connectivity index (χ4v) is 3.50. The molecule has 2 rings (SSSR count). The average molecular weight is 263 g/mol. The van der Waals surface area contributed by atoms with Crippen molar-refractivity contribution in [3.8, 4) is 0 Å². The van der Waals surface area contributed by atoms with E-state index in [0.29, 0.717) is 10.6 Å². The Morgan fingerprint density at radius 1 is 1.06 bits per heavy atom. The molecule has 0 radical (unpaired) electrons. The number of methoxy groups -OCH3 is 1. The quantitative estimate of drug-likeness (QED) is 0.801. The Kier molecular flexibility index (Phi) is 3.07. The minimum absolute atomic E-state index is 0.359. The van der Waals surface area contributed by atoms with Gasteiger partial charge in [-0.05, 0) is 49.9 Å². The lowest BCUT2D eigenvalue weighted by atomic mass is 9.95. The minimum Gasteiger partial charge on any atom is -0.465 e. The van der Waals surface area contributed by atoms with Crippen LogP contribution in [0.2, 0.25) is 0 Å². The molecular formula is C14H17NO2S. The van der Waals surface area contributed by atoms with Crippen LogP contribution in [0.3, 0.4) is 0 Å². The lowest BCUT2D eigenvalue weighted by Crippen LogP contribution is -2.02. The van der Waals surface area contributed by atoms with Gasteiger partial charge < -0.3 is 10.5 Å². The number of hydrogen-bond acceptors (Lipinski definition) is 4. The largest absolute Gasteiger partial charge is 0.465 e. The summed E-state index contributed by atoms with van der Waals surface area (Å²) in [5.74, 6) is -0.359. The third kappa shape index (κ3) is 1.60. The summed E-state index contributed by atoms with van der Waals surface area (Å²) in [6, 6.07) is 0. The number of thiophene rings is 1. The van der Waals surface area contributed by atoms with Crippen molar-refractivity contribution < 1.29 is 9.53 Å². The van der Waals surface area contributed by atoms with Crippen LogP contribution in [-0.2, 0) is 4.74 Å². The molecule has 96 valence electrons. The Morgan fingerprint density at radius 3 is 2.17 bits per heavy atom. The van der Waals surface area contributed by atoms with Crippen LogP contribution in [0.25, 0.3) is 10.1 Å². The fraction of sp³-hybridized carbons (Fsp3) is 0.357. The average Bonchev–Trinajstić information content (AvgIpc) is 2.71. The van der Waals surface area contributed by atoms with E-state index in [2.05, 4.69) is 20.8 Å². The normalized spacial score (nSPS) is 10.9. The highest BCUT2D eigenvalue weighted by atomic mass is 32.1. The molecule has 0 saturated carbocycles. The second-order valence-corrected chi connectivity index (χ2v) is 5.56. The maximum Gasteiger partial charge on any atom is 0.350 e. The van der Waals surface area contributed by atoms with Crippen molar-refractivity contribution in [2.75, 3.05) is 12.8 Å². The highest BCUT2D eigenvalue weighted by molar-refractivity contribution is 7.21.